The molecule has 50 valence electrons. The summed E-state index contributed by atoms with van der Waals surface area (Å²) in [5.74, 6) is 1.59. The fourth-order valence-electron chi connectivity index (χ4n) is 1.63. The molecular formula is C7H8Br2. The van der Waals surface area contributed by atoms with Crippen LogP contribution in [0.4, 0.5) is 0 Å². The van der Waals surface area contributed by atoms with Gasteiger partial charge in [-0.25, -0.2) is 0 Å². The Balaban J connectivity index is 2.27. The third-order valence-electron chi connectivity index (χ3n) is 2.37. The molecule has 2 unspecified atom stereocenters. The Bertz CT molecular complexity index is 160. The Labute approximate surface area is 72.0 Å². The van der Waals surface area contributed by atoms with E-state index in [0.29, 0.717) is 0 Å². The van der Waals surface area contributed by atoms with Crippen LogP contribution in [0, 0.1) is 11.8 Å². The van der Waals surface area contributed by atoms with E-state index in [4.69, 9.17) is 0 Å². The number of rotatable bonds is 0. The van der Waals surface area contributed by atoms with Crippen molar-refractivity contribution < 1.29 is 0 Å². The summed E-state index contributed by atoms with van der Waals surface area (Å²) in [5.41, 5.74) is 0. The van der Waals surface area contributed by atoms with Crippen molar-refractivity contribution >= 4 is 31.9 Å². The van der Waals surface area contributed by atoms with Crippen LogP contribution in [-0.2, 0) is 0 Å². The van der Waals surface area contributed by atoms with Crippen LogP contribution in [0.5, 0.6) is 0 Å². The van der Waals surface area contributed by atoms with Crippen LogP contribution in [0.1, 0.15) is 12.8 Å². The van der Waals surface area contributed by atoms with Crippen molar-refractivity contribution in [1.82, 2.24) is 0 Å². The topological polar surface area (TPSA) is 0 Å². The summed E-state index contributed by atoms with van der Waals surface area (Å²) in [5, 5.41) is 0. The molecule has 9 heavy (non-hydrogen) atoms. The van der Waals surface area contributed by atoms with E-state index in [1.165, 1.54) is 12.8 Å². The van der Waals surface area contributed by atoms with E-state index in [9.17, 15) is 0 Å². The second kappa shape index (κ2) is 1.85. The Morgan fingerprint density at radius 2 is 2.22 bits per heavy atom. The van der Waals surface area contributed by atoms with Gasteiger partial charge in [-0.05, 0) is 18.8 Å². The molecule has 2 atom stereocenters. The molecule has 3 aliphatic carbocycles. The third-order valence-corrected chi connectivity index (χ3v) is 4.84. The molecule has 3 rings (SSSR count). The minimum atomic E-state index is 0.273. The Morgan fingerprint density at radius 1 is 1.44 bits per heavy atom. The fraction of sp³-hybridized carbons (Fsp3) is 0.714. The van der Waals surface area contributed by atoms with E-state index in [0.717, 1.165) is 11.8 Å². The minimum absolute atomic E-state index is 0.273. The van der Waals surface area contributed by atoms with Gasteiger partial charge in [-0.1, -0.05) is 44.0 Å². The zero-order chi connectivity index (χ0) is 6.48. The Morgan fingerprint density at radius 3 is 2.44 bits per heavy atom. The maximum atomic E-state index is 3.67. The van der Waals surface area contributed by atoms with Crippen molar-refractivity contribution in [3.8, 4) is 0 Å². The number of hydrogen-bond acceptors (Lipinski definition) is 0. The van der Waals surface area contributed by atoms with Gasteiger partial charge in [0.25, 0.3) is 0 Å². The normalized spacial score (nSPS) is 44.2. The Hall–Kier alpha value is 0.700. The van der Waals surface area contributed by atoms with E-state index in [-0.39, 0.29) is 3.23 Å². The predicted octanol–water partition coefficient (Wildman–Crippen LogP) is 3.07. The van der Waals surface area contributed by atoms with E-state index in [2.05, 4.69) is 44.0 Å². The molecule has 2 bridgehead atoms. The molecule has 0 radical (unpaired) electrons. The molecule has 0 aromatic carbocycles. The predicted molar refractivity (Wildman–Crippen MR) is 45.9 cm³/mol. The molecule has 0 aliphatic heterocycles. The molecule has 0 N–H and O–H groups in total. The molecule has 0 aromatic rings. The lowest BCUT2D eigenvalue weighted by molar-refractivity contribution is 0.224. The summed E-state index contributed by atoms with van der Waals surface area (Å²) in [6.45, 7) is 0. The molecule has 0 saturated heterocycles. The highest BCUT2D eigenvalue weighted by Gasteiger charge is 2.51. The summed E-state index contributed by atoms with van der Waals surface area (Å²) in [4.78, 5) is 0. The molecule has 0 amide bonds. The van der Waals surface area contributed by atoms with Crippen LogP contribution in [0.2, 0.25) is 0 Å². The smallest absolute Gasteiger partial charge is 0.0878 e. The lowest BCUT2D eigenvalue weighted by atomic mass is 9.69. The van der Waals surface area contributed by atoms with Gasteiger partial charge in [-0.15, -0.1) is 0 Å². The summed E-state index contributed by atoms with van der Waals surface area (Å²) in [6.07, 6.45) is 7.21. The molecular weight excluding hydrogens is 244 g/mol. The third kappa shape index (κ3) is 0.758. The van der Waals surface area contributed by atoms with Gasteiger partial charge in [0.2, 0.25) is 0 Å². The standard InChI is InChI=1S/C7H8Br2/c8-7(9)5-2-1-3-6(7)4-5/h1-2,5-6H,3-4H2. The average molecular weight is 252 g/mol. The first-order valence-corrected chi connectivity index (χ1v) is 4.84. The highest BCUT2D eigenvalue weighted by atomic mass is 79.9. The molecule has 0 spiro atoms. The SMILES string of the molecule is BrC1(Br)C2C=CCC1C2. The molecule has 1 saturated carbocycles. The maximum absolute atomic E-state index is 3.67. The van der Waals surface area contributed by atoms with Crippen molar-refractivity contribution in [3.05, 3.63) is 12.2 Å². The van der Waals surface area contributed by atoms with Crippen molar-refractivity contribution in [1.29, 1.82) is 0 Å². The molecule has 1 fully saturated rings. The zero-order valence-corrected chi connectivity index (χ0v) is 8.15. The van der Waals surface area contributed by atoms with Crippen LogP contribution in [0.15, 0.2) is 12.2 Å². The van der Waals surface area contributed by atoms with E-state index in [1.54, 1.807) is 0 Å². The van der Waals surface area contributed by atoms with Gasteiger partial charge >= 0.3 is 0 Å². The van der Waals surface area contributed by atoms with Crippen LogP contribution in [0.25, 0.3) is 0 Å². The summed E-state index contributed by atoms with van der Waals surface area (Å²) in [6, 6.07) is 0. The number of fused-ring (bicyclic) bond motifs is 1. The molecule has 0 heterocycles. The van der Waals surface area contributed by atoms with Gasteiger partial charge in [-0.3, -0.25) is 0 Å². The second-order valence-electron chi connectivity index (χ2n) is 2.88. The molecule has 2 heteroatoms. The number of halogens is 2. The van der Waals surface area contributed by atoms with Crippen LogP contribution < -0.4 is 0 Å². The van der Waals surface area contributed by atoms with Gasteiger partial charge < -0.3 is 0 Å². The van der Waals surface area contributed by atoms with Gasteiger partial charge in [0.05, 0.1) is 3.23 Å². The first-order chi connectivity index (χ1) is 4.21. The largest absolute Gasteiger partial charge is 0.0898 e. The first-order valence-electron chi connectivity index (χ1n) is 3.25. The van der Waals surface area contributed by atoms with Gasteiger partial charge in [0.1, 0.15) is 0 Å². The summed E-state index contributed by atoms with van der Waals surface area (Å²) < 4.78 is 0.273. The van der Waals surface area contributed by atoms with Crippen molar-refractivity contribution in [2.75, 3.05) is 0 Å². The van der Waals surface area contributed by atoms with Gasteiger partial charge in [0.15, 0.2) is 0 Å². The lowest BCUT2D eigenvalue weighted by Crippen LogP contribution is -2.46. The second-order valence-corrected chi connectivity index (χ2v) is 6.57. The number of hydrogen-bond donors (Lipinski definition) is 0. The zero-order valence-electron chi connectivity index (χ0n) is 4.98. The van der Waals surface area contributed by atoms with Crippen molar-refractivity contribution in [2.24, 2.45) is 11.8 Å². The highest BCUT2D eigenvalue weighted by molar-refractivity contribution is 9.25. The molecule has 0 aromatic heterocycles. The van der Waals surface area contributed by atoms with Crippen LogP contribution >= 0.6 is 31.9 Å². The van der Waals surface area contributed by atoms with Crippen molar-refractivity contribution in [3.63, 3.8) is 0 Å². The van der Waals surface area contributed by atoms with Crippen LogP contribution in [-0.4, -0.2) is 3.23 Å². The van der Waals surface area contributed by atoms with E-state index < -0.39 is 0 Å². The maximum Gasteiger partial charge on any atom is 0.0898 e. The quantitative estimate of drug-likeness (QED) is 0.459. The summed E-state index contributed by atoms with van der Waals surface area (Å²) in [7, 11) is 0. The fourth-order valence-corrected chi connectivity index (χ4v) is 3.06. The number of allylic oxidation sites excluding steroid dienone is 2. The minimum Gasteiger partial charge on any atom is -0.0878 e. The van der Waals surface area contributed by atoms with E-state index >= 15 is 0 Å². The summed E-state index contributed by atoms with van der Waals surface area (Å²) >= 11 is 7.35. The molecule has 0 nitrogen and oxygen atoms in total. The van der Waals surface area contributed by atoms with Gasteiger partial charge in [-0.2, -0.15) is 0 Å². The number of alkyl halides is 2. The Kier molecular flexibility index (Phi) is 1.32. The lowest BCUT2D eigenvalue weighted by Gasteiger charge is -2.50. The van der Waals surface area contributed by atoms with Crippen LogP contribution in [0.3, 0.4) is 0 Å². The monoisotopic (exact) mass is 250 g/mol. The highest BCUT2D eigenvalue weighted by Crippen LogP contribution is 2.59. The van der Waals surface area contributed by atoms with E-state index in [1.807, 2.05) is 0 Å². The first kappa shape index (κ1) is 6.41. The molecule has 3 aliphatic rings. The van der Waals surface area contributed by atoms with Crippen molar-refractivity contribution in [2.45, 2.75) is 16.1 Å². The van der Waals surface area contributed by atoms with Gasteiger partial charge in [0, 0.05) is 5.92 Å². The average Bonchev–Trinajstić information content (AvgIpc) is 1.89.